The van der Waals surface area contributed by atoms with Crippen molar-refractivity contribution >= 4 is 11.8 Å². The van der Waals surface area contributed by atoms with Crippen LogP contribution in [0, 0.1) is 0 Å². The Morgan fingerprint density at radius 2 is 1.11 bits per heavy atom. The summed E-state index contributed by atoms with van der Waals surface area (Å²) >= 11 is 1.43. The highest BCUT2D eigenvalue weighted by atomic mass is 32.2. The predicted octanol–water partition coefficient (Wildman–Crippen LogP) is 3.22. The second kappa shape index (κ2) is 10.3. The number of hydrogen-bond donors (Lipinski definition) is 2. The van der Waals surface area contributed by atoms with E-state index >= 15 is 0 Å². The standard InChI is InChI=1S/C20H26O6S/c1-23-17-9-5-7-13(19(17)25-3)15(21)11-27-12-16(22)14-8-6-10-18(24-2)20(14)26-4/h5-10,15-16,21-22H,11-12H2,1-4H3. The maximum Gasteiger partial charge on any atom is 0.166 e. The van der Waals surface area contributed by atoms with Crippen molar-refractivity contribution in [2.24, 2.45) is 0 Å². The van der Waals surface area contributed by atoms with E-state index in [-0.39, 0.29) is 0 Å². The lowest BCUT2D eigenvalue weighted by molar-refractivity contribution is 0.192. The second-order valence-corrected chi connectivity index (χ2v) is 6.81. The van der Waals surface area contributed by atoms with Crippen LogP contribution >= 0.6 is 11.8 Å². The summed E-state index contributed by atoms with van der Waals surface area (Å²) in [7, 11) is 6.20. The highest BCUT2D eigenvalue weighted by molar-refractivity contribution is 7.99. The van der Waals surface area contributed by atoms with Crippen molar-refractivity contribution in [3.8, 4) is 23.0 Å². The van der Waals surface area contributed by atoms with Crippen molar-refractivity contribution in [3.63, 3.8) is 0 Å². The van der Waals surface area contributed by atoms with Gasteiger partial charge in [0.1, 0.15) is 0 Å². The van der Waals surface area contributed by atoms with Gasteiger partial charge in [-0.15, -0.1) is 0 Å². The lowest BCUT2D eigenvalue weighted by Gasteiger charge is -2.19. The van der Waals surface area contributed by atoms with Crippen molar-refractivity contribution in [2.45, 2.75) is 12.2 Å². The average Bonchev–Trinajstić information content (AvgIpc) is 2.71. The van der Waals surface area contributed by atoms with Crippen LogP contribution in [0.3, 0.4) is 0 Å². The molecule has 148 valence electrons. The fraction of sp³-hybridized carbons (Fsp3) is 0.400. The number of methoxy groups -OCH3 is 4. The Labute approximate surface area is 164 Å². The Balaban J connectivity index is 2.02. The number of rotatable bonds is 10. The molecule has 27 heavy (non-hydrogen) atoms. The minimum absolute atomic E-state index is 0.396. The zero-order chi connectivity index (χ0) is 19.8. The van der Waals surface area contributed by atoms with E-state index in [2.05, 4.69) is 0 Å². The predicted molar refractivity (Wildman–Crippen MR) is 106 cm³/mol. The molecule has 2 aromatic rings. The molecular formula is C20H26O6S. The van der Waals surface area contributed by atoms with Crippen LogP contribution in [0.15, 0.2) is 36.4 Å². The first-order valence-corrected chi connectivity index (χ1v) is 9.58. The summed E-state index contributed by atoms with van der Waals surface area (Å²) in [6.45, 7) is 0. The van der Waals surface area contributed by atoms with Gasteiger partial charge in [0.25, 0.3) is 0 Å². The first-order valence-electron chi connectivity index (χ1n) is 8.43. The summed E-state index contributed by atoms with van der Waals surface area (Å²) in [5, 5.41) is 21.1. The maximum atomic E-state index is 10.5. The SMILES string of the molecule is COc1cccc(C(O)CSCC(O)c2cccc(OC)c2OC)c1OC. The zero-order valence-corrected chi connectivity index (χ0v) is 16.8. The molecule has 2 rings (SSSR count). The number of aliphatic hydroxyl groups excluding tert-OH is 2. The minimum atomic E-state index is -0.751. The Hall–Kier alpha value is -2.09. The van der Waals surface area contributed by atoms with Gasteiger partial charge >= 0.3 is 0 Å². The third kappa shape index (κ3) is 5.00. The number of ether oxygens (including phenoxy) is 4. The maximum absolute atomic E-state index is 10.5. The van der Waals surface area contributed by atoms with Crippen LogP contribution in [0.4, 0.5) is 0 Å². The molecular weight excluding hydrogens is 368 g/mol. The summed E-state index contributed by atoms with van der Waals surface area (Å²) < 4.78 is 21.3. The van der Waals surface area contributed by atoms with Gasteiger partial charge in [-0.2, -0.15) is 11.8 Å². The molecule has 0 aliphatic rings. The Morgan fingerprint density at radius 3 is 1.44 bits per heavy atom. The Bertz CT molecular complexity index is 675. The van der Waals surface area contributed by atoms with Gasteiger partial charge in [0, 0.05) is 22.6 Å². The molecule has 0 fully saturated rings. The van der Waals surface area contributed by atoms with Crippen LogP contribution in [0.2, 0.25) is 0 Å². The molecule has 0 spiro atoms. The molecule has 2 N–H and O–H groups in total. The van der Waals surface area contributed by atoms with E-state index in [1.54, 1.807) is 64.8 Å². The van der Waals surface area contributed by atoms with Crippen LogP contribution in [0.1, 0.15) is 23.3 Å². The largest absolute Gasteiger partial charge is 0.493 e. The summed E-state index contributed by atoms with van der Waals surface area (Å²) in [5.41, 5.74) is 1.30. The fourth-order valence-corrected chi connectivity index (χ4v) is 3.76. The number of aliphatic hydroxyl groups is 2. The quantitative estimate of drug-likeness (QED) is 0.641. The third-order valence-corrected chi connectivity index (χ3v) is 5.24. The van der Waals surface area contributed by atoms with Gasteiger partial charge in [-0.3, -0.25) is 0 Å². The van der Waals surface area contributed by atoms with Crippen molar-refractivity contribution in [1.29, 1.82) is 0 Å². The monoisotopic (exact) mass is 394 g/mol. The highest BCUT2D eigenvalue weighted by Gasteiger charge is 2.20. The van der Waals surface area contributed by atoms with Crippen molar-refractivity contribution in [1.82, 2.24) is 0 Å². The number of benzene rings is 2. The molecule has 7 heteroatoms. The average molecular weight is 394 g/mol. The van der Waals surface area contributed by atoms with Crippen LogP contribution < -0.4 is 18.9 Å². The summed E-state index contributed by atoms with van der Waals surface area (Å²) in [6, 6.07) is 10.8. The normalized spacial score (nSPS) is 13.0. The summed E-state index contributed by atoms with van der Waals surface area (Å²) in [5.74, 6) is 2.96. The van der Waals surface area contributed by atoms with Gasteiger partial charge in [-0.25, -0.2) is 0 Å². The molecule has 2 atom stereocenters. The molecule has 0 bridgehead atoms. The Morgan fingerprint density at radius 1 is 0.704 bits per heavy atom. The van der Waals surface area contributed by atoms with Gasteiger partial charge in [0.15, 0.2) is 23.0 Å². The molecule has 0 saturated carbocycles. The minimum Gasteiger partial charge on any atom is -0.493 e. The molecule has 6 nitrogen and oxygen atoms in total. The van der Waals surface area contributed by atoms with Crippen LogP contribution in [0.5, 0.6) is 23.0 Å². The van der Waals surface area contributed by atoms with Crippen molar-refractivity contribution in [2.75, 3.05) is 39.9 Å². The molecule has 0 aromatic heterocycles. The van der Waals surface area contributed by atoms with Crippen molar-refractivity contribution in [3.05, 3.63) is 47.5 Å². The molecule has 0 radical (unpaired) electrons. The third-order valence-electron chi connectivity index (χ3n) is 4.14. The second-order valence-electron chi connectivity index (χ2n) is 5.73. The molecule has 0 aliphatic carbocycles. The fourth-order valence-electron chi connectivity index (χ4n) is 2.82. The lowest BCUT2D eigenvalue weighted by Crippen LogP contribution is -2.08. The molecule has 0 aliphatic heterocycles. The van der Waals surface area contributed by atoms with Gasteiger partial charge in [0.2, 0.25) is 0 Å². The van der Waals surface area contributed by atoms with E-state index in [1.165, 1.54) is 11.8 Å². The first-order chi connectivity index (χ1) is 13.1. The van der Waals surface area contributed by atoms with E-state index < -0.39 is 12.2 Å². The molecule has 0 saturated heterocycles. The van der Waals surface area contributed by atoms with Gasteiger partial charge in [0.05, 0.1) is 40.6 Å². The van der Waals surface area contributed by atoms with Crippen molar-refractivity contribution < 1.29 is 29.2 Å². The van der Waals surface area contributed by atoms with Crippen LogP contribution in [-0.2, 0) is 0 Å². The van der Waals surface area contributed by atoms with E-state index in [9.17, 15) is 10.2 Å². The van der Waals surface area contributed by atoms with E-state index in [1.807, 2.05) is 0 Å². The molecule has 0 amide bonds. The van der Waals surface area contributed by atoms with Crippen LogP contribution in [-0.4, -0.2) is 50.2 Å². The van der Waals surface area contributed by atoms with E-state index in [4.69, 9.17) is 18.9 Å². The number of para-hydroxylation sites is 2. The molecule has 0 heterocycles. The van der Waals surface area contributed by atoms with Gasteiger partial charge < -0.3 is 29.2 Å². The highest BCUT2D eigenvalue weighted by Crippen LogP contribution is 2.38. The van der Waals surface area contributed by atoms with Gasteiger partial charge in [-0.1, -0.05) is 24.3 Å². The number of hydrogen-bond acceptors (Lipinski definition) is 7. The first kappa shape index (κ1) is 21.2. The summed E-state index contributed by atoms with van der Waals surface area (Å²) in [6.07, 6.45) is -1.50. The van der Waals surface area contributed by atoms with Crippen LogP contribution in [0.25, 0.3) is 0 Å². The number of thioether (sulfide) groups is 1. The molecule has 2 aromatic carbocycles. The van der Waals surface area contributed by atoms with E-state index in [0.29, 0.717) is 45.6 Å². The molecule has 2 unspecified atom stereocenters. The zero-order valence-electron chi connectivity index (χ0n) is 16.0. The Kier molecular flexibility index (Phi) is 8.09. The smallest absolute Gasteiger partial charge is 0.166 e. The van der Waals surface area contributed by atoms with E-state index in [0.717, 1.165) is 0 Å². The topological polar surface area (TPSA) is 77.4 Å². The lowest BCUT2D eigenvalue weighted by atomic mass is 10.1. The van der Waals surface area contributed by atoms with Gasteiger partial charge in [-0.05, 0) is 12.1 Å². The summed E-state index contributed by atoms with van der Waals surface area (Å²) in [4.78, 5) is 0.